The van der Waals surface area contributed by atoms with Crippen molar-refractivity contribution < 1.29 is 15.2 Å². The lowest BCUT2D eigenvalue weighted by Crippen LogP contribution is -2.28. The molecule has 1 rings (SSSR count). The fourth-order valence-electron chi connectivity index (χ4n) is 1.07. The van der Waals surface area contributed by atoms with E-state index in [0.29, 0.717) is 10.7 Å². The molecule has 0 bridgehead atoms. The van der Waals surface area contributed by atoms with Crippen LogP contribution in [0.4, 0.5) is 5.69 Å². The lowest BCUT2D eigenvalue weighted by Gasteiger charge is -2.06. The van der Waals surface area contributed by atoms with Crippen LogP contribution >= 0.6 is 11.6 Å². The van der Waals surface area contributed by atoms with Crippen molar-refractivity contribution in [2.75, 3.05) is 5.32 Å². The van der Waals surface area contributed by atoms with Gasteiger partial charge in [-0.3, -0.25) is 4.79 Å². The van der Waals surface area contributed by atoms with E-state index >= 15 is 0 Å². The van der Waals surface area contributed by atoms with Crippen LogP contribution in [0.3, 0.4) is 0 Å². The zero-order valence-electron chi connectivity index (χ0n) is 8.88. The van der Waals surface area contributed by atoms with Crippen LogP contribution in [0.1, 0.15) is 6.92 Å². The van der Waals surface area contributed by atoms with Gasteiger partial charge in [0.05, 0.1) is 10.7 Å². The molecule has 0 aliphatic rings. The molecule has 1 amide bonds. The molecule has 0 aliphatic carbocycles. The third-order valence-corrected chi connectivity index (χ3v) is 2.26. The topological polar surface area (TPSA) is 94.3 Å². The molecular weight excluding hydrogens is 246 g/mol. The Morgan fingerprint density at radius 2 is 1.94 bits per heavy atom. The number of carbonyl (C=O) groups excluding carboxylic acids is 1. The summed E-state index contributed by atoms with van der Waals surface area (Å²) in [5.74, 6) is -0.726. The number of oxime groups is 2. The maximum absolute atomic E-state index is 11.6. The zero-order valence-corrected chi connectivity index (χ0v) is 9.64. The summed E-state index contributed by atoms with van der Waals surface area (Å²) < 4.78 is 0. The molecule has 0 heterocycles. The van der Waals surface area contributed by atoms with Crippen LogP contribution in [-0.4, -0.2) is 27.7 Å². The molecule has 1 aromatic rings. The molecule has 0 spiro atoms. The molecule has 0 aliphatic heterocycles. The summed E-state index contributed by atoms with van der Waals surface area (Å²) in [5, 5.41) is 25.4. The molecule has 0 aromatic heterocycles. The fraction of sp³-hybridized carbons (Fsp3) is 0.100. The standard InChI is InChI=1S/C10H10ClN3O3/c1-6(13-16)9(14-17)10(15)12-8-5-3-2-4-7(8)11/h2-5,16-17H,1H3,(H,12,15). The predicted octanol–water partition coefficient (Wildman–Crippen LogP) is 1.96. The van der Waals surface area contributed by atoms with Gasteiger partial charge < -0.3 is 15.7 Å². The number of anilines is 1. The van der Waals surface area contributed by atoms with E-state index in [1.807, 2.05) is 0 Å². The van der Waals surface area contributed by atoms with Gasteiger partial charge in [-0.25, -0.2) is 0 Å². The van der Waals surface area contributed by atoms with E-state index in [4.69, 9.17) is 22.0 Å². The Morgan fingerprint density at radius 3 is 2.47 bits per heavy atom. The molecule has 0 unspecified atom stereocenters. The van der Waals surface area contributed by atoms with Gasteiger partial charge in [0.25, 0.3) is 5.91 Å². The second-order valence-corrected chi connectivity index (χ2v) is 3.48. The van der Waals surface area contributed by atoms with Crippen molar-refractivity contribution in [3.8, 4) is 0 Å². The molecule has 1 aromatic carbocycles. The first kappa shape index (κ1) is 13.0. The minimum absolute atomic E-state index is 0.114. The highest BCUT2D eigenvalue weighted by Crippen LogP contribution is 2.20. The number of hydrogen-bond donors (Lipinski definition) is 3. The van der Waals surface area contributed by atoms with Gasteiger partial charge in [-0.15, -0.1) is 0 Å². The molecule has 0 fully saturated rings. The number of nitrogens with one attached hydrogen (secondary N) is 1. The van der Waals surface area contributed by atoms with E-state index in [-0.39, 0.29) is 5.71 Å². The second kappa shape index (κ2) is 5.86. The summed E-state index contributed by atoms with van der Waals surface area (Å²) in [6.45, 7) is 1.32. The Balaban J connectivity index is 2.90. The molecule has 0 saturated heterocycles. The first-order chi connectivity index (χ1) is 8.10. The van der Waals surface area contributed by atoms with Crippen LogP contribution in [0.15, 0.2) is 34.6 Å². The molecule has 0 radical (unpaired) electrons. The predicted molar refractivity (Wildman–Crippen MR) is 64.2 cm³/mol. The molecule has 90 valence electrons. The van der Waals surface area contributed by atoms with Crippen LogP contribution < -0.4 is 5.32 Å². The minimum Gasteiger partial charge on any atom is -0.411 e. The Bertz CT molecular complexity index is 485. The smallest absolute Gasteiger partial charge is 0.279 e. The highest BCUT2D eigenvalue weighted by atomic mass is 35.5. The van der Waals surface area contributed by atoms with Crippen molar-refractivity contribution in [1.82, 2.24) is 0 Å². The summed E-state index contributed by atoms with van der Waals surface area (Å²) in [4.78, 5) is 11.6. The molecular formula is C10H10ClN3O3. The van der Waals surface area contributed by atoms with E-state index in [1.165, 1.54) is 6.92 Å². The van der Waals surface area contributed by atoms with Gasteiger partial charge >= 0.3 is 0 Å². The van der Waals surface area contributed by atoms with E-state index in [1.54, 1.807) is 24.3 Å². The quantitative estimate of drug-likeness (QED) is 0.438. The number of para-hydroxylation sites is 1. The van der Waals surface area contributed by atoms with Crippen LogP contribution in [0.25, 0.3) is 0 Å². The Labute approximate surface area is 102 Å². The molecule has 6 nitrogen and oxygen atoms in total. The maximum atomic E-state index is 11.6. The van der Waals surface area contributed by atoms with Crippen molar-refractivity contribution in [2.45, 2.75) is 6.92 Å². The molecule has 17 heavy (non-hydrogen) atoms. The highest BCUT2D eigenvalue weighted by Gasteiger charge is 2.17. The van der Waals surface area contributed by atoms with Crippen LogP contribution in [-0.2, 0) is 4.79 Å². The number of carbonyl (C=O) groups is 1. The molecule has 7 heteroatoms. The van der Waals surface area contributed by atoms with Crippen LogP contribution in [0.5, 0.6) is 0 Å². The Morgan fingerprint density at radius 1 is 1.29 bits per heavy atom. The summed E-state index contributed by atoms with van der Waals surface area (Å²) in [7, 11) is 0. The second-order valence-electron chi connectivity index (χ2n) is 3.07. The maximum Gasteiger partial charge on any atom is 0.279 e. The van der Waals surface area contributed by atoms with Gasteiger partial charge in [0.15, 0.2) is 5.71 Å². The number of amides is 1. The lowest BCUT2D eigenvalue weighted by atomic mass is 10.2. The fourth-order valence-corrected chi connectivity index (χ4v) is 1.26. The van der Waals surface area contributed by atoms with Crippen molar-refractivity contribution in [3.63, 3.8) is 0 Å². The highest BCUT2D eigenvalue weighted by molar-refractivity contribution is 6.68. The average Bonchev–Trinajstić information content (AvgIpc) is 2.32. The lowest BCUT2D eigenvalue weighted by molar-refractivity contribution is -0.110. The zero-order chi connectivity index (χ0) is 12.8. The van der Waals surface area contributed by atoms with Crippen molar-refractivity contribution in [2.24, 2.45) is 10.3 Å². The number of halogens is 1. The first-order valence-electron chi connectivity index (χ1n) is 4.57. The third kappa shape index (κ3) is 3.18. The first-order valence-corrected chi connectivity index (χ1v) is 4.95. The van der Waals surface area contributed by atoms with E-state index in [2.05, 4.69) is 15.6 Å². The molecule has 0 saturated carbocycles. The SMILES string of the molecule is CC(=NO)C(=NO)C(=O)Nc1ccccc1Cl. The normalized spacial score (nSPS) is 12.4. The Hall–Kier alpha value is -2.08. The molecule has 3 N–H and O–H groups in total. The average molecular weight is 256 g/mol. The number of rotatable bonds is 3. The van der Waals surface area contributed by atoms with Gasteiger partial charge in [-0.2, -0.15) is 0 Å². The van der Waals surface area contributed by atoms with Gasteiger partial charge in [-0.05, 0) is 19.1 Å². The van der Waals surface area contributed by atoms with Crippen molar-refractivity contribution in [3.05, 3.63) is 29.3 Å². The third-order valence-electron chi connectivity index (χ3n) is 1.93. The van der Waals surface area contributed by atoms with E-state index in [9.17, 15) is 4.79 Å². The van der Waals surface area contributed by atoms with Gasteiger partial charge in [0.2, 0.25) is 0 Å². The van der Waals surface area contributed by atoms with Gasteiger partial charge in [0, 0.05) is 0 Å². The number of benzene rings is 1. The minimum atomic E-state index is -0.726. The van der Waals surface area contributed by atoms with E-state index in [0.717, 1.165) is 0 Å². The number of hydrogen-bond acceptors (Lipinski definition) is 5. The Kier molecular flexibility index (Phi) is 4.47. The monoisotopic (exact) mass is 255 g/mol. The van der Waals surface area contributed by atoms with Crippen molar-refractivity contribution >= 4 is 34.6 Å². The van der Waals surface area contributed by atoms with Crippen molar-refractivity contribution in [1.29, 1.82) is 0 Å². The van der Waals surface area contributed by atoms with Crippen LogP contribution in [0, 0.1) is 0 Å². The number of nitrogens with zero attached hydrogens (tertiary/aromatic N) is 2. The van der Waals surface area contributed by atoms with Gasteiger partial charge in [-0.1, -0.05) is 34.0 Å². The van der Waals surface area contributed by atoms with Crippen LogP contribution in [0.2, 0.25) is 5.02 Å². The summed E-state index contributed by atoms with van der Waals surface area (Å²) in [6, 6.07) is 6.57. The largest absolute Gasteiger partial charge is 0.411 e. The van der Waals surface area contributed by atoms with Gasteiger partial charge in [0.1, 0.15) is 5.71 Å². The summed E-state index contributed by atoms with van der Waals surface area (Å²) in [5.41, 5.74) is -0.143. The summed E-state index contributed by atoms with van der Waals surface area (Å²) >= 11 is 5.83. The molecule has 0 atom stereocenters. The van der Waals surface area contributed by atoms with E-state index < -0.39 is 11.6 Å². The summed E-state index contributed by atoms with van der Waals surface area (Å²) in [6.07, 6.45) is 0.